The summed E-state index contributed by atoms with van der Waals surface area (Å²) in [7, 11) is 3.17. The lowest BCUT2D eigenvalue weighted by atomic mass is 9.99. The number of hydrogen-bond acceptors (Lipinski definition) is 3. The molecule has 1 unspecified atom stereocenters. The highest BCUT2D eigenvalue weighted by Crippen LogP contribution is 2.43. The third-order valence-corrected chi connectivity index (χ3v) is 3.56. The van der Waals surface area contributed by atoms with Gasteiger partial charge in [-0.25, -0.2) is 4.39 Å². The third kappa shape index (κ3) is 2.42. The van der Waals surface area contributed by atoms with Crippen LogP contribution in [-0.2, 0) is 6.42 Å². The van der Waals surface area contributed by atoms with E-state index in [9.17, 15) is 4.39 Å². The molecule has 1 atom stereocenters. The molecular weight excluding hydrogens is 271 g/mol. The minimum Gasteiger partial charge on any atom is -0.497 e. The Morgan fingerprint density at radius 2 is 1.95 bits per heavy atom. The third-order valence-electron chi connectivity index (χ3n) is 3.56. The summed E-state index contributed by atoms with van der Waals surface area (Å²) < 4.78 is 30.3. The van der Waals surface area contributed by atoms with Crippen LogP contribution in [0.5, 0.6) is 17.2 Å². The van der Waals surface area contributed by atoms with E-state index < -0.39 is 0 Å². The molecule has 21 heavy (non-hydrogen) atoms. The van der Waals surface area contributed by atoms with Crippen molar-refractivity contribution >= 4 is 0 Å². The highest BCUT2D eigenvalue weighted by atomic mass is 19.1. The van der Waals surface area contributed by atoms with Gasteiger partial charge in [0.2, 0.25) is 0 Å². The van der Waals surface area contributed by atoms with E-state index in [1.54, 1.807) is 26.4 Å². The van der Waals surface area contributed by atoms with Crippen molar-refractivity contribution in [2.24, 2.45) is 0 Å². The predicted molar refractivity (Wildman–Crippen MR) is 78.4 cm³/mol. The van der Waals surface area contributed by atoms with Gasteiger partial charge >= 0.3 is 0 Å². The summed E-state index contributed by atoms with van der Waals surface area (Å²) in [4.78, 5) is 0. The van der Waals surface area contributed by atoms with Gasteiger partial charge in [0.05, 0.1) is 14.2 Å². The Hall–Kier alpha value is -2.23. The molecule has 0 spiro atoms. The highest BCUT2D eigenvalue weighted by Gasteiger charge is 2.25. The Morgan fingerprint density at radius 1 is 1.14 bits per heavy atom. The van der Waals surface area contributed by atoms with Crippen molar-refractivity contribution < 1.29 is 18.6 Å². The Labute approximate surface area is 123 Å². The SMILES string of the molecule is [CH2]C1Cc2cc(F)cc(-c3cc(OC)ccc3OC)c2O1. The van der Waals surface area contributed by atoms with Crippen molar-refractivity contribution in [2.45, 2.75) is 12.5 Å². The van der Waals surface area contributed by atoms with Gasteiger partial charge in [-0.2, -0.15) is 0 Å². The van der Waals surface area contributed by atoms with Crippen molar-refractivity contribution in [2.75, 3.05) is 14.2 Å². The Morgan fingerprint density at radius 3 is 2.67 bits per heavy atom. The quantitative estimate of drug-likeness (QED) is 0.862. The van der Waals surface area contributed by atoms with Crippen LogP contribution in [0, 0.1) is 12.7 Å². The highest BCUT2D eigenvalue weighted by molar-refractivity contribution is 5.79. The van der Waals surface area contributed by atoms with E-state index in [1.807, 2.05) is 6.07 Å². The molecule has 2 aromatic rings. The second-order valence-corrected chi connectivity index (χ2v) is 4.95. The molecule has 0 aliphatic carbocycles. The van der Waals surface area contributed by atoms with Gasteiger partial charge in [-0.3, -0.25) is 0 Å². The Bertz CT molecular complexity index is 682. The number of benzene rings is 2. The normalized spacial score (nSPS) is 16.3. The summed E-state index contributed by atoms with van der Waals surface area (Å²) in [5.74, 6) is 1.68. The van der Waals surface area contributed by atoms with Crippen molar-refractivity contribution in [3.8, 4) is 28.4 Å². The number of hydrogen-bond donors (Lipinski definition) is 0. The van der Waals surface area contributed by atoms with Crippen LogP contribution < -0.4 is 14.2 Å². The maximum atomic E-state index is 13.9. The van der Waals surface area contributed by atoms with Crippen LogP contribution in [0.1, 0.15) is 5.56 Å². The zero-order valence-electron chi connectivity index (χ0n) is 12.0. The molecule has 1 aliphatic rings. The maximum Gasteiger partial charge on any atom is 0.131 e. The summed E-state index contributed by atoms with van der Waals surface area (Å²) >= 11 is 0. The van der Waals surface area contributed by atoms with Crippen LogP contribution in [0.15, 0.2) is 30.3 Å². The Balaban J connectivity index is 2.21. The molecule has 0 amide bonds. The van der Waals surface area contributed by atoms with Gasteiger partial charge in [0, 0.05) is 23.1 Å². The molecule has 3 nitrogen and oxygen atoms in total. The maximum absolute atomic E-state index is 13.9. The fourth-order valence-electron chi connectivity index (χ4n) is 2.62. The minimum atomic E-state index is -0.300. The molecule has 0 saturated heterocycles. The predicted octanol–water partition coefficient (Wildman–Crippen LogP) is 3.65. The molecule has 1 aliphatic heterocycles. The summed E-state index contributed by atoms with van der Waals surface area (Å²) in [6.45, 7) is 3.89. The zero-order valence-corrected chi connectivity index (χ0v) is 12.0. The zero-order chi connectivity index (χ0) is 15.0. The smallest absolute Gasteiger partial charge is 0.131 e. The van der Waals surface area contributed by atoms with E-state index in [1.165, 1.54) is 12.1 Å². The molecule has 3 rings (SSSR count). The second-order valence-electron chi connectivity index (χ2n) is 4.95. The fourth-order valence-corrected chi connectivity index (χ4v) is 2.62. The average molecular weight is 287 g/mol. The molecule has 2 aromatic carbocycles. The first-order valence-corrected chi connectivity index (χ1v) is 6.67. The number of fused-ring (bicyclic) bond motifs is 1. The van der Waals surface area contributed by atoms with Crippen LogP contribution in [-0.4, -0.2) is 20.3 Å². The molecule has 109 valence electrons. The molecule has 0 saturated carbocycles. The van der Waals surface area contributed by atoms with E-state index in [2.05, 4.69) is 6.92 Å². The second kappa shape index (κ2) is 5.28. The largest absolute Gasteiger partial charge is 0.497 e. The molecular formula is C17H16FO3. The van der Waals surface area contributed by atoms with Gasteiger partial charge in [0.15, 0.2) is 0 Å². The topological polar surface area (TPSA) is 27.7 Å². The van der Waals surface area contributed by atoms with Crippen LogP contribution in [0.2, 0.25) is 0 Å². The van der Waals surface area contributed by atoms with Gasteiger partial charge < -0.3 is 14.2 Å². The van der Waals surface area contributed by atoms with Crippen molar-refractivity contribution in [3.05, 3.63) is 48.6 Å². The van der Waals surface area contributed by atoms with E-state index in [4.69, 9.17) is 14.2 Å². The first-order valence-electron chi connectivity index (χ1n) is 6.67. The lowest BCUT2D eigenvalue weighted by Crippen LogP contribution is -2.06. The average Bonchev–Trinajstić information content (AvgIpc) is 2.85. The van der Waals surface area contributed by atoms with Gasteiger partial charge in [-0.05, 0) is 37.3 Å². The van der Waals surface area contributed by atoms with Crippen LogP contribution in [0.3, 0.4) is 0 Å². The van der Waals surface area contributed by atoms with Crippen molar-refractivity contribution in [1.82, 2.24) is 0 Å². The van der Waals surface area contributed by atoms with Gasteiger partial charge in [-0.1, -0.05) is 0 Å². The number of halogens is 1. The van der Waals surface area contributed by atoms with E-state index in [0.717, 1.165) is 11.1 Å². The van der Waals surface area contributed by atoms with E-state index in [0.29, 0.717) is 29.2 Å². The molecule has 1 radical (unpaired) electrons. The van der Waals surface area contributed by atoms with Crippen LogP contribution in [0.25, 0.3) is 11.1 Å². The summed E-state index contributed by atoms with van der Waals surface area (Å²) in [5, 5.41) is 0. The minimum absolute atomic E-state index is 0.197. The standard InChI is InChI=1S/C17H16FO3/c1-10-6-11-7-12(18)8-15(17(11)21-10)14-9-13(19-2)4-5-16(14)20-3/h4-5,7-10H,1,6H2,2-3H3. The first kappa shape index (κ1) is 13.7. The number of ether oxygens (including phenoxy) is 3. The molecule has 0 aromatic heterocycles. The van der Waals surface area contributed by atoms with Gasteiger partial charge in [-0.15, -0.1) is 0 Å². The molecule has 0 N–H and O–H groups in total. The molecule has 4 heteroatoms. The molecule has 0 bridgehead atoms. The van der Waals surface area contributed by atoms with E-state index in [-0.39, 0.29) is 11.9 Å². The number of methoxy groups -OCH3 is 2. The van der Waals surface area contributed by atoms with Crippen LogP contribution in [0.4, 0.5) is 4.39 Å². The summed E-state index contributed by atoms with van der Waals surface area (Å²) in [6.07, 6.45) is 0.406. The Kier molecular flexibility index (Phi) is 3.45. The van der Waals surface area contributed by atoms with E-state index >= 15 is 0 Å². The van der Waals surface area contributed by atoms with Crippen LogP contribution >= 0.6 is 0 Å². The number of rotatable bonds is 3. The summed E-state index contributed by atoms with van der Waals surface area (Å²) in [5.41, 5.74) is 2.23. The first-order chi connectivity index (χ1) is 10.1. The van der Waals surface area contributed by atoms with Crippen molar-refractivity contribution in [3.63, 3.8) is 0 Å². The monoisotopic (exact) mass is 287 g/mol. The molecule has 1 heterocycles. The van der Waals surface area contributed by atoms with Gasteiger partial charge in [0.1, 0.15) is 29.2 Å². The van der Waals surface area contributed by atoms with Crippen molar-refractivity contribution in [1.29, 1.82) is 0 Å². The lowest BCUT2D eigenvalue weighted by molar-refractivity contribution is 0.282. The molecule has 0 fully saturated rings. The summed E-state index contributed by atoms with van der Waals surface area (Å²) in [6, 6.07) is 8.35. The van der Waals surface area contributed by atoms with Gasteiger partial charge in [0.25, 0.3) is 0 Å². The lowest BCUT2D eigenvalue weighted by Gasteiger charge is -2.14. The fraction of sp³-hybridized carbons (Fsp3) is 0.235.